The molecule has 2 aromatic carbocycles. The Kier molecular flexibility index (Phi) is 5.06. The first-order chi connectivity index (χ1) is 12.7. The van der Waals surface area contributed by atoms with Crippen LogP contribution in [0.4, 0.5) is 0 Å². The summed E-state index contributed by atoms with van der Waals surface area (Å²) in [7, 11) is -3.88. The maximum atomic E-state index is 12.5. The quantitative estimate of drug-likeness (QED) is 0.856. The van der Waals surface area contributed by atoms with Crippen molar-refractivity contribution >= 4 is 21.8 Å². The van der Waals surface area contributed by atoms with Crippen molar-refractivity contribution in [2.75, 3.05) is 6.54 Å². The number of aryl methyl sites for hydroxylation is 2. The van der Waals surface area contributed by atoms with Gasteiger partial charge in [0, 0.05) is 13.0 Å². The van der Waals surface area contributed by atoms with Gasteiger partial charge in [-0.1, -0.05) is 35.9 Å². The zero-order valence-electron chi connectivity index (χ0n) is 15.5. The van der Waals surface area contributed by atoms with Crippen molar-refractivity contribution in [1.82, 2.24) is 9.62 Å². The topological polar surface area (TPSA) is 83.6 Å². The summed E-state index contributed by atoms with van der Waals surface area (Å²) < 4.78 is 25.8. The minimum atomic E-state index is -3.88. The third-order valence-electron chi connectivity index (χ3n) is 4.73. The second-order valence-corrected chi connectivity index (χ2v) is 8.61. The van der Waals surface area contributed by atoms with Crippen molar-refractivity contribution in [3.63, 3.8) is 0 Å². The fourth-order valence-corrected chi connectivity index (χ4v) is 4.84. The van der Waals surface area contributed by atoms with Gasteiger partial charge >= 0.3 is 0 Å². The minimum Gasteiger partial charge on any atom is -0.350 e. The molecule has 2 amide bonds. The molecule has 0 bridgehead atoms. The smallest absolute Gasteiger partial charge is 0.269 e. The number of nitrogens with zero attached hydrogens (tertiary/aromatic N) is 1. The molecular weight excluding hydrogens is 364 g/mol. The highest BCUT2D eigenvalue weighted by molar-refractivity contribution is 7.90. The maximum Gasteiger partial charge on any atom is 0.269 e. The van der Waals surface area contributed by atoms with Crippen molar-refractivity contribution in [1.29, 1.82) is 0 Å². The lowest BCUT2D eigenvalue weighted by molar-refractivity contribution is -0.121. The largest absolute Gasteiger partial charge is 0.350 e. The van der Waals surface area contributed by atoms with E-state index in [0.717, 1.165) is 21.0 Å². The lowest BCUT2D eigenvalue weighted by Gasteiger charge is -2.19. The molecule has 2 aromatic rings. The standard InChI is InChI=1S/C20H22N2O4S/c1-13-8-9-14(2)17(12-13)15(3)21-19(23)10-11-22-20(24)16-6-4-5-7-18(16)27(22,25)26/h4-9,12,15H,10-11H2,1-3H3,(H,21,23). The molecule has 0 saturated carbocycles. The molecule has 1 heterocycles. The van der Waals surface area contributed by atoms with Crippen molar-refractivity contribution in [3.05, 3.63) is 64.7 Å². The Morgan fingerprint density at radius 3 is 2.56 bits per heavy atom. The number of carbonyl (C=O) groups excluding carboxylic acids is 2. The molecule has 0 aromatic heterocycles. The lowest BCUT2D eigenvalue weighted by atomic mass is 10.00. The van der Waals surface area contributed by atoms with Crippen LogP contribution in [0.1, 0.15) is 46.4 Å². The Hall–Kier alpha value is -2.67. The monoisotopic (exact) mass is 386 g/mol. The van der Waals surface area contributed by atoms with Crippen LogP contribution in [0.25, 0.3) is 0 Å². The molecule has 142 valence electrons. The average molecular weight is 386 g/mol. The van der Waals surface area contributed by atoms with E-state index in [1.807, 2.05) is 39.0 Å². The van der Waals surface area contributed by atoms with E-state index in [9.17, 15) is 18.0 Å². The molecule has 1 unspecified atom stereocenters. The number of carbonyl (C=O) groups is 2. The highest BCUT2D eigenvalue weighted by Gasteiger charge is 2.40. The molecule has 1 aliphatic rings. The number of rotatable bonds is 5. The zero-order chi connectivity index (χ0) is 19.8. The first kappa shape index (κ1) is 19.1. The van der Waals surface area contributed by atoms with Crippen LogP contribution in [0, 0.1) is 13.8 Å². The van der Waals surface area contributed by atoms with E-state index in [1.54, 1.807) is 12.1 Å². The van der Waals surface area contributed by atoms with E-state index in [2.05, 4.69) is 5.32 Å². The minimum absolute atomic E-state index is 0.000776. The molecule has 0 radical (unpaired) electrons. The highest BCUT2D eigenvalue weighted by atomic mass is 32.2. The van der Waals surface area contributed by atoms with Gasteiger partial charge in [0.1, 0.15) is 4.90 Å². The molecule has 0 fully saturated rings. The number of hydrogen-bond acceptors (Lipinski definition) is 4. The van der Waals surface area contributed by atoms with Gasteiger partial charge in [0.2, 0.25) is 5.91 Å². The number of nitrogens with one attached hydrogen (secondary N) is 1. The SMILES string of the molecule is Cc1ccc(C)c(C(C)NC(=O)CCN2C(=O)c3ccccc3S2(=O)=O)c1. The van der Waals surface area contributed by atoms with Crippen LogP contribution in [-0.4, -0.2) is 31.1 Å². The van der Waals surface area contributed by atoms with E-state index in [1.165, 1.54) is 12.1 Å². The summed E-state index contributed by atoms with van der Waals surface area (Å²) in [6.45, 7) is 5.66. The van der Waals surface area contributed by atoms with Crippen LogP contribution in [0.3, 0.4) is 0 Å². The second-order valence-electron chi connectivity index (χ2n) is 6.78. The number of fused-ring (bicyclic) bond motifs is 1. The number of amides is 2. The summed E-state index contributed by atoms with van der Waals surface area (Å²) in [4.78, 5) is 24.7. The molecule has 0 saturated heterocycles. The van der Waals surface area contributed by atoms with Crippen molar-refractivity contribution < 1.29 is 18.0 Å². The Bertz CT molecular complexity index is 1010. The fourth-order valence-electron chi connectivity index (χ4n) is 3.27. The summed E-state index contributed by atoms with van der Waals surface area (Å²) in [5.74, 6) is -0.886. The third kappa shape index (κ3) is 3.60. The van der Waals surface area contributed by atoms with Crippen LogP contribution in [0.5, 0.6) is 0 Å². The predicted octanol–water partition coefficient (Wildman–Crippen LogP) is 2.72. The van der Waals surface area contributed by atoms with Crippen molar-refractivity contribution in [2.24, 2.45) is 0 Å². The van der Waals surface area contributed by atoms with Crippen LogP contribution in [0.15, 0.2) is 47.4 Å². The van der Waals surface area contributed by atoms with Gasteiger partial charge in [-0.15, -0.1) is 0 Å². The number of hydrogen-bond donors (Lipinski definition) is 1. The summed E-state index contributed by atoms with van der Waals surface area (Å²) in [6, 6.07) is 11.9. The second kappa shape index (κ2) is 7.15. The van der Waals surface area contributed by atoms with Crippen LogP contribution < -0.4 is 5.32 Å². The van der Waals surface area contributed by atoms with Crippen LogP contribution in [-0.2, 0) is 14.8 Å². The molecule has 6 nitrogen and oxygen atoms in total. The van der Waals surface area contributed by atoms with Crippen LogP contribution in [0.2, 0.25) is 0 Å². The Labute approximate surface area is 159 Å². The van der Waals surface area contributed by atoms with Gasteiger partial charge in [-0.25, -0.2) is 12.7 Å². The molecule has 3 rings (SSSR count). The van der Waals surface area contributed by atoms with Gasteiger partial charge in [-0.05, 0) is 44.0 Å². The molecular formula is C20H22N2O4S. The van der Waals surface area contributed by atoms with Crippen molar-refractivity contribution in [2.45, 2.75) is 38.1 Å². The summed E-state index contributed by atoms with van der Waals surface area (Å²) in [6.07, 6.45) is -0.0891. The zero-order valence-corrected chi connectivity index (χ0v) is 16.3. The van der Waals surface area contributed by atoms with Crippen molar-refractivity contribution in [3.8, 4) is 0 Å². The molecule has 1 atom stereocenters. The highest BCUT2D eigenvalue weighted by Crippen LogP contribution is 2.29. The van der Waals surface area contributed by atoms with Crippen LogP contribution >= 0.6 is 0 Å². The Morgan fingerprint density at radius 1 is 1.15 bits per heavy atom. The first-order valence-corrected chi connectivity index (χ1v) is 10.2. The molecule has 0 spiro atoms. The van der Waals surface area contributed by atoms with E-state index in [-0.39, 0.29) is 35.4 Å². The molecule has 0 aliphatic carbocycles. The van der Waals surface area contributed by atoms with Gasteiger partial charge in [-0.3, -0.25) is 9.59 Å². The predicted molar refractivity (Wildman–Crippen MR) is 102 cm³/mol. The van der Waals surface area contributed by atoms with E-state index >= 15 is 0 Å². The number of sulfonamides is 1. The van der Waals surface area contributed by atoms with Gasteiger partial charge in [-0.2, -0.15) is 0 Å². The van der Waals surface area contributed by atoms with E-state index < -0.39 is 15.9 Å². The van der Waals surface area contributed by atoms with Gasteiger partial charge in [0.15, 0.2) is 0 Å². The molecule has 1 aliphatic heterocycles. The summed E-state index contributed by atoms with van der Waals surface area (Å²) in [5, 5.41) is 2.88. The Morgan fingerprint density at radius 2 is 1.85 bits per heavy atom. The van der Waals surface area contributed by atoms with E-state index in [4.69, 9.17) is 0 Å². The summed E-state index contributed by atoms with van der Waals surface area (Å²) >= 11 is 0. The molecule has 1 N–H and O–H groups in total. The van der Waals surface area contributed by atoms with Gasteiger partial charge < -0.3 is 5.32 Å². The lowest BCUT2D eigenvalue weighted by Crippen LogP contribution is -2.35. The molecule has 7 heteroatoms. The third-order valence-corrected chi connectivity index (χ3v) is 6.57. The summed E-state index contributed by atoms with van der Waals surface area (Å²) in [5.41, 5.74) is 3.34. The number of benzene rings is 2. The maximum absolute atomic E-state index is 12.5. The van der Waals surface area contributed by atoms with Gasteiger partial charge in [0.05, 0.1) is 11.6 Å². The molecule has 27 heavy (non-hydrogen) atoms. The Balaban J connectivity index is 1.66. The van der Waals surface area contributed by atoms with Gasteiger partial charge in [0.25, 0.3) is 15.9 Å². The van der Waals surface area contributed by atoms with E-state index in [0.29, 0.717) is 0 Å². The fraction of sp³-hybridized carbons (Fsp3) is 0.300. The normalized spacial score (nSPS) is 16.1. The average Bonchev–Trinajstić information content (AvgIpc) is 2.82. The first-order valence-electron chi connectivity index (χ1n) is 8.74.